The Kier molecular flexibility index (Phi) is 7.31. The molecule has 0 saturated carbocycles. The normalized spacial score (nSPS) is 17.4. The molecule has 1 N–H and O–H groups in total. The van der Waals surface area contributed by atoms with Crippen LogP contribution in [0.3, 0.4) is 0 Å². The van der Waals surface area contributed by atoms with E-state index in [1.54, 1.807) is 25.3 Å². The van der Waals surface area contributed by atoms with Crippen molar-refractivity contribution in [2.45, 2.75) is 26.0 Å². The van der Waals surface area contributed by atoms with Crippen molar-refractivity contribution >= 4 is 28.2 Å². The monoisotopic (exact) mass is 488 g/mol. The minimum atomic E-state index is -0.765. The quantitative estimate of drug-likeness (QED) is 0.283. The summed E-state index contributed by atoms with van der Waals surface area (Å²) in [7, 11) is 5.36. The van der Waals surface area contributed by atoms with Gasteiger partial charge in [-0.05, 0) is 62.5 Å². The summed E-state index contributed by atoms with van der Waals surface area (Å²) in [5.41, 5.74) is 1.20. The van der Waals surface area contributed by atoms with E-state index in [1.165, 1.54) is 4.90 Å². The van der Waals surface area contributed by atoms with Gasteiger partial charge >= 0.3 is 0 Å². The zero-order valence-electron chi connectivity index (χ0n) is 21.3. The maximum atomic E-state index is 13.3. The predicted molar refractivity (Wildman–Crippen MR) is 140 cm³/mol. The molecule has 1 aliphatic rings. The third-order valence-corrected chi connectivity index (χ3v) is 6.22. The number of nitrogens with zero attached hydrogens (tertiary/aromatic N) is 2. The molecule has 1 heterocycles. The molecule has 1 amide bonds. The maximum Gasteiger partial charge on any atom is 0.295 e. The number of carbonyl (C=O) groups is 2. The average Bonchev–Trinajstić information content (AvgIpc) is 3.11. The van der Waals surface area contributed by atoms with Crippen molar-refractivity contribution in [3.63, 3.8) is 0 Å². The van der Waals surface area contributed by atoms with Crippen LogP contribution in [0, 0.1) is 0 Å². The van der Waals surface area contributed by atoms with Gasteiger partial charge in [0.05, 0.1) is 24.8 Å². The van der Waals surface area contributed by atoms with E-state index in [2.05, 4.69) is 0 Å². The van der Waals surface area contributed by atoms with E-state index >= 15 is 0 Å². The standard InChI is InChI=1S/C29H32N2O5/c1-18(2)36-23-13-12-21(17-24(23)35-5)26-25(28(33)29(34)31(26)15-14-30(3)4)27(32)22-11-10-19-8-6-7-9-20(19)16-22/h6-13,16-18,26,32H,14-15H2,1-5H3/b27-25+. The third-order valence-electron chi connectivity index (χ3n) is 6.22. The van der Waals surface area contributed by atoms with Crippen molar-refractivity contribution in [2.24, 2.45) is 0 Å². The molecule has 36 heavy (non-hydrogen) atoms. The second-order valence-corrected chi connectivity index (χ2v) is 9.43. The molecule has 1 fully saturated rings. The highest BCUT2D eigenvalue weighted by Gasteiger charge is 2.46. The van der Waals surface area contributed by atoms with Crippen LogP contribution >= 0.6 is 0 Å². The van der Waals surface area contributed by atoms with Crippen LogP contribution in [0.5, 0.6) is 11.5 Å². The molecule has 0 radical (unpaired) electrons. The summed E-state index contributed by atoms with van der Waals surface area (Å²) >= 11 is 0. The Balaban J connectivity index is 1.87. The number of ketones is 1. The van der Waals surface area contributed by atoms with E-state index in [1.807, 2.05) is 75.3 Å². The Morgan fingerprint density at radius 2 is 1.72 bits per heavy atom. The molecule has 1 atom stereocenters. The predicted octanol–water partition coefficient (Wildman–Crippen LogP) is 4.62. The largest absolute Gasteiger partial charge is 0.507 e. The number of benzene rings is 3. The van der Waals surface area contributed by atoms with E-state index in [0.717, 1.165) is 10.8 Å². The molecular formula is C29H32N2O5. The zero-order chi connectivity index (χ0) is 26.0. The fraction of sp³-hybridized carbons (Fsp3) is 0.310. The fourth-order valence-corrected chi connectivity index (χ4v) is 4.46. The summed E-state index contributed by atoms with van der Waals surface area (Å²) < 4.78 is 11.4. The Bertz CT molecular complexity index is 1330. The first-order valence-corrected chi connectivity index (χ1v) is 12.0. The molecular weight excluding hydrogens is 456 g/mol. The van der Waals surface area contributed by atoms with Gasteiger partial charge in [0.2, 0.25) is 0 Å². The first-order valence-electron chi connectivity index (χ1n) is 12.0. The summed E-state index contributed by atoms with van der Waals surface area (Å²) in [6, 6.07) is 17.9. The number of amides is 1. The van der Waals surface area contributed by atoms with Crippen LogP contribution in [0.4, 0.5) is 0 Å². The van der Waals surface area contributed by atoms with Gasteiger partial charge in [-0.25, -0.2) is 0 Å². The van der Waals surface area contributed by atoms with Crippen LogP contribution in [0.25, 0.3) is 16.5 Å². The minimum Gasteiger partial charge on any atom is -0.507 e. The second kappa shape index (κ2) is 10.4. The maximum absolute atomic E-state index is 13.3. The zero-order valence-corrected chi connectivity index (χ0v) is 21.3. The summed E-state index contributed by atoms with van der Waals surface area (Å²) in [4.78, 5) is 30.0. The van der Waals surface area contributed by atoms with Gasteiger partial charge in [-0.1, -0.05) is 42.5 Å². The summed E-state index contributed by atoms with van der Waals surface area (Å²) in [6.45, 7) is 4.73. The van der Waals surface area contributed by atoms with E-state index < -0.39 is 17.7 Å². The first-order chi connectivity index (χ1) is 17.2. The molecule has 1 unspecified atom stereocenters. The van der Waals surface area contributed by atoms with Crippen molar-refractivity contribution in [1.82, 2.24) is 9.80 Å². The number of likely N-dealkylation sites (N-methyl/N-ethyl adjacent to an activating group) is 1. The van der Waals surface area contributed by atoms with Crippen molar-refractivity contribution in [3.05, 3.63) is 77.4 Å². The van der Waals surface area contributed by atoms with Crippen LogP contribution in [-0.4, -0.2) is 67.0 Å². The Morgan fingerprint density at radius 1 is 1.00 bits per heavy atom. The van der Waals surface area contributed by atoms with Crippen molar-refractivity contribution in [3.8, 4) is 11.5 Å². The third kappa shape index (κ3) is 4.93. The lowest BCUT2D eigenvalue weighted by Gasteiger charge is -2.27. The molecule has 7 heteroatoms. The summed E-state index contributed by atoms with van der Waals surface area (Å²) in [5.74, 6) is -0.476. The number of hydrogen-bond donors (Lipinski definition) is 1. The molecule has 3 aromatic rings. The van der Waals surface area contributed by atoms with Crippen LogP contribution in [0.2, 0.25) is 0 Å². The van der Waals surface area contributed by atoms with Crippen LogP contribution in [-0.2, 0) is 9.59 Å². The van der Waals surface area contributed by atoms with Crippen LogP contribution < -0.4 is 9.47 Å². The number of hydrogen-bond acceptors (Lipinski definition) is 6. The van der Waals surface area contributed by atoms with Crippen molar-refractivity contribution in [1.29, 1.82) is 0 Å². The van der Waals surface area contributed by atoms with Gasteiger partial charge in [-0.15, -0.1) is 0 Å². The number of methoxy groups -OCH3 is 1. The first kappa shape index (κ1) is 25.3. The number of carbonyl (C=O) groups excluding carboxylic acids is 2. The van der Waals surface area contributed by atoms with Gasteiger partial charge in [-0.2, -0.15) is 0 Å². The lowest BCUT2D eigenvalue weighted by Crippen LogP contribution is -2.35. The van der Waals surface area contributed by atoms with Gasteiger partial charge < -0.3 is 24.4 Å². The van der Waals surface area contributed by atoms with Gasteiger partial charge in [-0.3, -0.25) is 9.59 Å². The minimum absolute atomic E-state index is 0.0524. The molecule has 1 aliphatic heterocycles. The molecule has 188 valence electrons. The number of likely N-dealkylation sites (tertiary alicyclic amines) is 1. The van der Waals surface area contributed by atoms with Gasteiger partial charge in [0.15, 0.2) is 11.5 Å². The van der Waals surface area contributed by atoms with Gasteiger partial charge in [0.1, 0.15) is 5.76 Å². The molecule has 0 aliphatic carbocycles. The van der Waals surface area contributed by atoms with E-state index in [4.69, 9.17) is 9.47 Å². The van der Waals surface area contributed by atoms with Gasteiger partial charge in [0.25, 0.3) is 11.7 Å². The topological polar surface area (TPSA) is 79.3 Å². The molecule has 1 saturated heterocycles. The molecule has 0 bridgehead atoms. The molecule has 0 aromatic heterocycles. The summed E-state index contributed by atoms with van der Waals surface area (Å²) in [6.07, 6.45) is -0.0524. The van der Waals surface area contributed by atoms with E-state index in [0.29, 0.717) is 35.7 Å². The Morgan fingerprint density at radius 3 is 2.39 bits per heavy atom. The van der Waals surface area contributed by atoms with Crippen LogP contribution in [0.1, 0.15) is 31.0 Å². The number of fused-ring (bicyclic) bond motifs is 1. The second-order valence-electron chi connectivity index (χ2n) is 9.43. The molecule has 0 spiro atoms. The van der Waals surface area contributed by atoms with E-state index in [-0.39, 0.29) is 17.4 Å². The lowest BCUT2D eigenvalue weighted by molar-refractivity contribution is -0.140. The Hall–Kier alpha value is -3.84. The molecule has 4 rings (SSSR count). The highest BCUT2D eigenvalue weighted by molar-refractivity contribution is 6.46. The number of aliphatic hydroxyl groups excluding tert-OH is 1. The van der Waals surface area contributed by atoms with Crippen molar-refractivity contribution in [2.75, 3.05) is 34.3 Å². The smallest absolute Gasteiger partial charge is 0.295 e. The van der Waals surface area contributed by atoms with Gasteiger partial charge in [0, 0.05) is 18.7 Å². The Labute approximate surface area is 211 Å². The molecule has 3 aromatic carbocycles. The highest BCUT2D eigenvalue weighted by atomic mass is 16.5. The number of Topliss-reactive ketones (excluding diaryl/α,β-unsaturated/α-hetero) is 1. The average molecular weight is 489 g/mol. The highest BCUT2D eigenvalue weighted by Crippen LogP contribution is 2.42. The fourth-order valence-electron chi connectivity index (χ4n) is 4.46. The van der Waals surface area contributed by atoms with E-state index in [9.17, 15) is 14.7 Å². The SMILES string of the molecule is COc1cc(C2/C(=C(\O)c3ccc4ccccc4c3)C(=O)C(=O)N2CCN(C)C)ccc1OC(C)C. The number of ether oxygens (including phenoxy) is 2. The lowest BCUT2D eigenvalue weighted by atomic mass is 9.94. The summed E-state index contributed by atoms with van der Waals surface area (Å²) in [5, 5.41) is 13.4. The number of rotatable bonds is 8. The van der Waals surface area contributed by atoms with Crippen LogP contribution in [0.15, 0.2) is 66.2 Å². The molecule has 7 nitrogen and oxygen atoms in total. The van der Waals surface area contributed by atoms with Crippen molar-refractivity contribution < 1.29 is 24.2 Å². The number of aliphatic hydroxyl groups is 1.